The van der Waals surface area contributed by atoms with Gasteiger partial charge in [0.2, 0.25) is 0 Å². The summed E-state index contributed by atoms with van der Waals surface area (Å²) in [5.74, 6) is 1.10. The minimum absolute atomic E-state index is 0.0665. The molecule has 0 spiro atoms. The van der Waals surface area contributed by atoms with Crippen LogP contribution in [0.1, 0.15) is 49.1 Å². The molecule has 0 fully saturated rings. The Hall–Kier alpha value is -2.65. The van der Waals surface area contributed by atoms with Gasteiger partial charge in [0.25, 0.3) is 0 Å². The lowest BCUT2D eigenvalue weighted by Crippen LogP contribution is -2.19. The molecular weight excluding hydrogens is 334 g/mol. The molecule has 27 heavy (non-hydrogen) atoms. The van der Waals surface area contributed by atoms with Crippen molar-refractivity contribution >= 4 is 0 Å². The number of benzene rings is 2. The molecule has 0 amide bonds. The lowest BCUT2D eigenvalue weighted by molar-refractivity contribution is 0.281. The molecule has 0 aliphatic heterocycles. The third kappa shape index (κ3) is 4.95. The van der Waals surface area contributed by atoms with Gasteiger partial charge in [0.1, 0.15) is 12.4 Å². The molecule has 0 aliphatic carbocycles. The van der Waals surface area contributed by atoms with Gasteiger partial charge in [-0.25, -0.2) is 0 Å². The summed E-state index contributed by atoms with van der Waals surface area (Å²) in [7, 11) is 0. The van der Waals surface area contributed by atoms with Crippen molar-refractivity contribution in [1.82, 2.24) is 4.98 Å². The van der Waals surface area contributed by atoms with E-state index in [4.69, 9.17) is 4.74 Å². The quantitative estimate of drug-likeness (QED) is 0.645. The van der Waals surface area contributed by atoms with Gasteiger partial charge in [0.05, 0.1) is 12.3 Å². The maximum atomic E-state index is 9.29. The molecule has 1 atom stereocenters. The Bertz CT molecular complexity index is 834. The molecule has 3 rings (SSSR count). The fourth-order valence-corrected chi connectivity index (χ4v) is 3.41. The molecule has 0 saturated carbocycles. The largest absolute Gasteiger partial charge is 0.487 e. The topological polar surface area (TPSA) is 42.4 Å². The van der Waals surface area contributed by atoms with Crippen LogP contribution in [0.15, 0.2) is 72.9 Å². The second kappa shape index (κ2) is 8.36. The van der Waals surface area contributed by atoms with Crippen LogP contribution in [-0.4, -0.2) is 10.1 Å². The van der Waals surface area contributed by atoms with Crippen LogP contribution in [0.5, 0.6) is 5.75 Å². The predicted molar refractivity (Wildman–Crippen MR) is 109 cm³/mol. The Balaban J connectivity index is 1.78. The summed E-state index contributed by atoms with van der Waals surface area (Å²) in [4.78, 5) is 4.28. The van der Waals surface area contributed by atoms with E-state index in [1.807, 2.05) is 42.5 Å². The Morgan fingerprint density at radius 1 is 0.889 bits per heavy atom. The fraction of sp³-hybridized carbons (Fsp3) is 0.292. The molecule has 2 aromatic carbocycles. The highest BCUT2D eigenvalue weighted by atomic mass is 16.5. The molecule has 3 aromatic rings. The maximum Gasteiger partial charge on any atom is 0.130 e. The average molecular weight is 361 g/mol. The molecule has 0 aliphatic rings. The summed E-state index contributed by atoms with van der Waals surface area (Å²) >= 11 is 0. The number of hydrogen-bond acceptors (Lipinski definition) is 3. The third-order valence-electron chi connectivity index (χ3n) is 4.69. The lowest BCUT2D eigenvalue weighted by Gasteiger charge is -2.32. The van der Waals surface area contributed by atoms with Crippen LogP contribution in [0, 0.1) is 5.41 Å². The minimum atomic E-state index is 0.0665. The molecule has 3 heteroatoms. The van der Waals surface area contributed by atoms with Crippen LogP contribution in [0.25, 0.3) is 0 Å². The summed E-state index contributed by atoms with van der Waals surface area (Å²) in [6.45, 7) is 7.30. The SMILES string of the molecule is CC(C)(C)C(c1ccc(CO)cc1)c1ccc(OCc2ccccn2)cc1. The van der Waals surface area contributed by atoms with E-state index < -0.39 is 0 Å². The van der Waals surface area contributed by atoms with Gasteiger partial charge in [-0.1, -0.05) is 63.2 Å². The van der Waals surface area contributed by atoms with Crippen molar-refractivity contribution in [2.75, 3.05) is 0 Å². The van der Waals surface area contributed by atoms with Crippen molar-refractivity contribution in [1.29, 1.82) is 0 Å². The van der Waals surface area contributed by atoms with Gasteiger partial charge in [-0.05, 0) is 46.4 Å². The monoisotopic (exact) mass is 361 g/mol. The van der Waals surface area contributed by atoms with E-state index in [1.165, 1.54) is 11.1 Å². The molecule has 1 N–H and O–H groups in total. The van der Waals surface area contributed by atoms with E-state index in [9.17, 15) is 5.11 Å². The van der Waals surface area contributed by atoms with Crippen LogP contribution in [0.3, 0.4) is 0 Å². The standard InChI is InChI=1S/C24H27NO2/c1-24(2,3)23(19-9-7-18(16-26)8-10-19)20-11-13-22(14-12-20)27-17-21-6-4-5-15-25-21/h4-15,23,26H,16-17H2,1-3H3. The van der Waals surface area contributed by atoms with Crippen molar-refractivity contribution in [2.24, 2.45) is 5.41 Å². The summed E-state index contributed by atoms with van der Waals surface area (Å²) in [5.41, 5.74) is 4.42. The summed E-state index contributed by atoms with van der Waals surface area (Å²) in [5, 5.41) is 9.29. The second-order valence-electron chi connectivity index (χ2n) is 7.88. The first-order valence-electron chi connectivity index (χ1n) is 9.30. The van der Waals surface area contributed by atoms with Gasteiger partial charge in [-0.15, -0.1) is 0 Å². The number of pyridine rings is 1. The van der Waals surface area contributed by atoms with Gasteiger partial charge in [-0.2, -0.15) is 0 Å². The van der Waals surface area contributed by atoms with Gasteiger partial charge < -0.3 is 9.84 Å². The van der Waals surface area contributed by atoms with E-state index in [0.717, 1.165) is 17.0 Å². The average Bonchev–Trinajstić information content (AvgIpc) is 2.68. The van der Waals surface area contributed by atoms with Crippen molar-refractivity contribution < 1.29 is 9.84 Å². The molecule has 1 aromatic heterocycles. The minimum Gasteiger partial charge on any atom is -0.487 e. The van der Waals surface area contributed by atoms with E-state index in [1.54, 1.807) is 6.20 Å². The van der Waals surface area contributed by atoms with Gasteiger partial charge in [-0.3, -0.25) is 4.98 Å². The van der Waals surface area contributed by atoms with E-state index in [0.29, 0.717) is 6.61 Å². The highest BCUT2D eigenvalue weighted by Crippen LogP contribution is 2.41. The lowest BCUT2D eigenvalue weighted by atomic mass is 9.72. The van der Waals surface area contributed by atoms with Crippen molar-refractivity contribution in [3.8, 4) is 5.75 Å². The Labute approximate surface area is 161 Å². The molecule has 0 bridgehead atoms. The molecule has 0 saturated heterocycles. The van der Waals surface area contributed by atoms with Gasteiger partial charge >= 0.3 is 0 Å². The summed E-state index contributed by atoms with van der Waals surface area (Å²) in [6, 6.07) is 22.4. The van der Waals surface area contributed by atoms with Crippen LogP contribution in [-0.2, 0) is 13.2 Å². The smallest absolute Gasteiger partial charge is 0.130 e. The molecule has 140 valence electrons. The van der Waals surface area contributed by atoms with E-state index in [-0.39, 0.29) is 17.9 Å². The van der Waals surface area contributed by atoms with Crippen molar-refractivity contribution in [2.45, 2.75) is 39.9 Å². The van der Waals surface area contributed by atoms with Crippen LogP contribution < -0.4 is 4.74 Å². The molecule has 1 unspecified atom stereocenters. The van der Waals surface area contributed by atoms with Crippen molar-refractivity contribution in [3.05, 3.63) is 95.3 Å². The Kier molecular flexibility index (Phi) is 5.92. The number of aliphatic hydroxyl groups is 1. The second-order valence-corrected chi connectivity index (χ2v) is 7.88. The highest BCUT2D eigenvalue weighted by Gasteiger charge is 2.27. The molecule has 3 nitrogen and oxygen atoms in total. The normalized spacial score (nSPS) is 12.6. The van der Waals surface area contributed by atoms with E-state index in [2.05, 4.69) is 50.0 Å². The number of hydrogen-bond donors (Lipinski definition) is 1. The Morgan fingerprint density at radius 3 is 2.04 bits per heavy atom. The van der Waals surface area contributed by atoms with E-state index >= 15 is 0 Å². The number of aromatic nitrogens is 1. The molecule has 1 heterocycles. The number of ether oxygens (including phenoxy) is 1. The first-order chi connectivity index (χ1) is 13.0. The van der Waals surface area contributed by atoms with Crippen molar-refractivity contribution in [3.63, 3.8) is 0 Å². The third-order valence-corrected chi connectivity index (χ3v) is 4.69. The summed E-state index contributed by atoms with van der Waals surface area (Å²) in [6.07, 6.45) is 1.78. The first-order valence-corrected chi connectivity index (χ1v) is 9.30. The van der Waals surface area contributed by atoms with Crippen LogP contribution in [0.4, 0.5) is 0 Å². The zero-order valence-corrected chi connectivity index (χ0v) is 16.2. The zero-order valence-electron chi connectivity index (χ0n) is 16.2. The zero-order chi connectivity index (χ0) is 19.3. The molecule has 0 radical (unpaired) electrons. The highest BCUT2D eigenvalue weighted by molar-refractivity contribution is 5.38. The number of nitrogens with zero attached hydrogens (tertiary/aromatic N) is 1. The number of aliphatic hydroxyl groups excluding tert-OH is 1. The van der Waals surface area contributed by atoms with Crippen LogP contribution >= 0.6 is 0 Å². The van der Waals surface area contributed by atoms with Gasteiger partial charge in [0.15, 0.2) is 0 Å². The first kappa shape index (κ1) is 19.1. The summed E-state index contributed by atoms with van der Waals surface area (Å²) < 4.78 is 5.86. The molecular formula is C24H27NO2. The Morgan fingerprint density at radius 2 is 1.52 bits per heavy atom. The fourth-order valence-electron chi connectivity index (χ4n) is 3.41. The van der Waals surface area contributed by atoms with Crippen LogP contribution in [0.2, 0.25) is 0 Å². The number of rotatable bonds is 6. The van der Waals surface area contributed by atoms with Gasteiger partial charge in [0, 0.05) is 12.1 Å². The maximum absolute atomic E-state index is 9.29. The predicted octanol–water partition coefficient (Wildman–Crippen LogP) is 5.33.